The Kier molecular flexibility index (Phi) is 6.16. The van der Waals surface area contributed by atoms with Crippen LogP contribution in [0.25, 0.3) is 0 Å². The summed E-state index contributed by atoms with van der Waals surface area (Å²) >= 11 is 0. The van der Waals surface area contributed by atoms with Gasteiger partial charge in [-0.1, -0.05) is 24.3 Å². The molecule has 0 radical (unpaired) electrons. The number of esters is 1. The summed E-state index contributed by atoms with van der Waals surface area (Å²) in [4.78, 5) is 30.0. The zero-order chi connectivity index (χ0) is 17.9. The molecule has 0 heterocycles. The minimum absolute atomic E-state index is 0.181. The number of hydrogen-bond donors (Lipinski definition) is 2. The van der Waals surface area contributed by atoms with Crippen molar-refractivity contribution in [2.45, 2.75) is 58.7 Å². The van der Waals surface area contributed by atoms with Crippen LogP contribution in [-0.2, 0) is 30.6 Å². The first kappa shape index (κ1) is 19.8. The lowest BCUT2D eigenvalue weighted by Gasteiger charge is -2.28. The molecular formula is C16H25O6P. The summed E-state index contributed by atoms with van der Waals surface area (Å²) in [6, 6.07) is 7.11. The summed E-state index contributed by atoms with van der Waals surface area (Å²) in [7, 11) is -4.63. The third-order valence-corrected chi connectivity index (χ3v) is 3.73. The zero-order valence-electron chi connectivity index (χ0n) is 14.2. The quantitative estimate of drug-likeness (QED) is 0.607. The normalized spacial score (nSPS) is 13.0. The SMILES string of the molecule is CC(C)(C)OC(=O)CCc1ccccc1C(C)(C)OP(=O)(O)O. The highest BCUT2D eigenvalue weighted by molar-refractivity contribution is 7.46. The van der Waals surface area contributed by atoms with Crippen LogP contribution in [0.3, 0.4) is 0 Å². The van der Waals surface area contributed by atoms with Gasteiger partial charge >= 0.3 is 13.8 Å². The van der Waals surface area contributed by atoms with Gasteiger partial charge in [0.1, 0.15) is 5.60 Å². The maximum absolute atomic E-state index is 11.8. The number of rotatable bonds is 6. The highest BCUT2D eigenvalue weighted by Gasteiger charge is 2.32. The molecule has 0 unspecified atom stereocenters. The van der Waals surface area contributed by atoms with E-state index in [0.717, 1.165) is 5.56 Å². The highest BCUT2D eigenvalue weighted by Crippen LogP contribution is 2.45. The van der Waals surface area contributed by atoms with E-state index in [4.69, 9.17) is 19.0 Å². The van der Waals surface area contributed by atoms with Gasteiger partial charge in [0.2, 0.25) is 0 Å². The molecule has 1 aromatic carbocycles. The van der Waals surface area contributed by atoms with Crippen molar-refractivity contribution in [2.75, 3.05) is 0 Å². The maximum Gasteiger partial charge on any atom is 0.470 e. The minimum Gasteiger partial charge on any atom is -0.460 e. The van der Waals surface area contributed by atoms with Crippen LogP contribution >= 0.6 is 7.82 Å². The molecule has 1 rings (SSSR count). The summed E-state index contributed by atoms with van der Waals surface area (Å²) < 4.78 is 21.3. The topological polar surface area (TPSA) is 93.1 Å². The highest BCUT2D eigenvalue weighted by atomic mass is 31.2. The van der Waals surface area contributed by atoms with E-state index in [1.54, 1.807) is 46.8 Å². The molecule has 0 spiro atoms. The summed E-state index contributed by atoms with van der Waals surface area (Å²) in [6.45, 7) is 8.57. The Morgan fingerprint density at radius 3 is 2.22 bits per heavy atom. The Morgan fingerprint density at radius 1 is 1.13 bits per heavy atom. The number of aryl methyl sites for hydroxylation is 1. The largest absolute Gasteiger partial charge is 0.470 e. The molecule has 0 amide bonds. The minimum atomic E-state index is -4.63. The van der Waals surface area contributed by atoms with Gasteiger partial charge in [-0.2, -0.15) is 0 Å². The lowest BCUT2D eigenvalue weighted by atomic mass is 9.91. The molecule has 130 valence electrons. The summed E-state index contributed by atoms with van der Waals surface area (Å²) in [5.74, 6) is -0.319. The molecule has 0 bridgehead atoms. The van der Waals surface area contributed by atoms with E-state index >= 15 is 0 Å². The molecule has 1 aromatic rings. The second-order valence-corrected chi connectivity index (χ2v) is 8.00. The molecule has 0 aliphatic carbocycles. The van der Waals surface area contributed by atoms with Gasteiger partial charge in [0, 0.05) is 6.42 Å². The number of phosphoric acid groups is 1. The van der Waals surface area contributed by atoms with E-state index in [1.807, 2.05) is 12.1 Å². The predicted molar refractivity (Wildman–Crippen MR) is 86.8 cm³/mol. The Labute approximate surface area is 137 Å². The summed E-state index contributed by atoms with van der Waals surface area (Å²) in [6.07, 6.45) is 0.583. The number of carbonyl (C=O) groups excluding carboxylic acids is 1. The molecule has 0 aliphatic rings. The van der Waals surface area contributed by atoms with Gasteiger partial charge in [0.05, 0.1) is 5.60 Å². The molecule has 0 aromatic heterocycles. The van der Waals surface area contributed by atoms with E-state index in [9.17, 15) is 9.36 Å². The van der Waals surface area contributed by atoms with Gasteiger partial charge in [0.15, 0.2) is 0 Å². The molecule has 0 saturated carbocycles. The number of ether oxygens (including phenoxy) is 1. The Hall–Kier alpha value is -1.20. The predicted octanol–water partition coefficient (Wildman–Crippen LogP) is 3.31. The van der Waals surface area contributed by atoms with Crippen molar-refractivity contribution in [1.29, 1.82) is 0 Å². The van der Waals surface area contributed by atoms with E-state index in [-0.39, 0.29) is 12.4 Å². The van der Waals surface area contributed by atoms with E-state index in [1.165, 1.54) is 0 Å². The van der Waals surface area contributed by atoms with Crippen molar-refractivity contribution >= 4 is 13.8 Å². The van der Waals surface area contributed by atoms with Crippen LogP contribution < -0.4 is 0 Å². The van der Waals surface area contributed by atoms with Crippen LogP contribution in [0.4, 0.5) is 0 Å². The third kappa shape index (κ3) is 7.27. The number of benzene rings is 1. The maximum atomic E-state index is 11.8. The van der Waals surface area contributed by atoms with Crippen LogP contribution in [0.5, 0.6) is 0 Å². The number of hydrogen-bond acceptors (Lipinski definition) is 4. The molecule has 7 heteroatoms. The van der Waals surface area contributed by atoms with Gasteiger partial charge in [-0.05, 0) is 52.2 Å². The van der Waals surface area contributed by atoms with Gasteiger partial charge in [-0.15, -0.1) is 0 Å². The fraction of sp³-hybridized carbons (Fsp3) is 0.562. The fourth-order valence-electron chi connectivity index (χ4n) is 2.30. The first-order valence-corrected chi connectivity index (χ1v) is 8.90. The van der Waals surface area contributed by atoms with Gasteiger partial charge in [0.25, 0.3) is 0 Å². The Balaban J connectivity index is 2.90. The lowest BCUT2D eigenvalue weighted by molar-refractivity contribution is -0.154. The molecule has 0 aliphatic heterocycles. The van der Waals surface area contributed by atoms with Crippen molar-refractivity contribution < 1.29 is 28.4 Å². The average Bonchev–Trinajstić information content (AvgIpc) is 2.31. The zero-order valence-corrected chi connectivity index (χ0v) is 15.1. The van der Waals surface area contributed by atoms with Crippen LogP contribution in [0, 0.1) is 0 Å². The van der Waals surface area contributed by atoms with Crippen molar-refractivity contribution in [1.82, 2.24) is 0 Å². The average molecular weight is 344 g/mol. The molecular weight excluding hydrogens is 319 g/mol. The smallest absolute Gasteiger partial charge is 0.460 e. The summed E-state index contributed by atoms with van der Waals surface area (Å²) in [5, 5.41) is 0. The van der Waals surface area contributed by atoms with Crippen molar-refractivity contribution in [3.63, 3.8) is 0 Å². The monoisotopic (exact) mass is 344 g/mol. The first-order chi connectivity index (χ1) is 10.3. The van der Waals surface area contributed by atoms with E-state index in [0.29, 0.717) is 12.0 Å². The Morgan fingerprint density at radius 2 is 1.70 bits per heavy atom. The second-order valence-electron chi connectivity index (χ2n) is 6.84. The standard InChI is InChI=1S/C16H25O6P/c1-15(2,3)21-14(17)11-10-12-8-6-7-9-13(12)16(4,5)22-23(18,19)20/h6-9H,10-11H2,1-5H3,(H2,18,19,20). The number of carbonyl (C=O) groups is 1. The first-order valence-electron chi connectivity index (χ1n) is 7.37. The van der Waals surface area contributed by atoms with Crippen LogP contribution in [0.2, 0.25) is 0 Å². The van der Waals surface area contributed by atoms with Crippen molar-refractivity contribution in [3.8, 4) is 0 Å². The molecule has 0 atom stereocenters. The van der Waals surface area contributed by atoms with Crippen LogP contribution in [-0.4, -0.2) is 21.4 Å². The van der Waals surface area contributed by atoms with Crippen molar-refractivity contribution in [3.05, 3.63) is 35.4 Å². The van der Waals surface area contributed by atoms with Gasteiger partial charge in [-0.3, -0.25) is 9.32 Å². The third-order valence-electron chi connectivity index (χ3n) is 3.03. The molecule has 23 heavy (non-hydrogen) atoms. The second kappa shape index (κ2) is 7.14. The summed E-state index contributed by atoms with van der Waals surface area (Å²) in [5.41, 5.74) is -0.299. The molecule has 0 fully saturated rings. The Bertz CT molecular complexity index is 597. The van der Waals surface area contributed by atoms with Crippen molar-refractivity contribution in [2.24, 2.45) is 0 Å². The lowest BCUT2D eigenvalue weighted by Crippen LogP contribution is -2.25. The van der Waals surface area contributed by atoms with E-state index in [2.05, 4.69) is 0 Å². The van der Waals surface area contributed by atoms with Crippen LogP contribution in [0.1, 0.15) is 52.2 Å². The van der Waals surface area contributed by atoms with Crippen LogP contribution in [0.15, 0.2) is 24.3 Å². The fourth-order valence-corrected chi connectivity index (χ4v) is 2.99. The molecule has 2 N–H and O–H groups in total. The van der Waals surface area contributed by atoms with E-state index < -0.39 is 19.0 Å². The molecule has 6 nitrogen and oxygen atoms in total. The van der Waals surface area contributed by atoms with Gasteiger partial charge < -0.3 is 14.5 Å². The molecule has 0 saturated heterocycles. The number of phosphoric ester groups is 1. The van der Waals surface area contributed by atoms with Gasteiger partial charge in [-0.25, -0.2) is 4.57 Å².